The van der Waals surface area contributed by atoms with Crippen molar-refractivity contribution in [2.24, 2.45) is 11.1 Å². The van der Waals surface area contributed by atoms with Crippen LogP contribution in [0.25, 0.3) is 0 Å². The zero-order chi connectivity index (χ0) is 16.9. The van der Waals surface area contributed by atoms with E-state index >= 15 is 0 Å². The molecule has 2 atom stereocenters. The Hall–Kier alpha value is -1.66. The van der Waals surface area contributed by atoms with Gasteiger partial charge in [0, 0.05) is 37.7 Å². The van der Waals surface area contributed by atoms with E-state index in [0.29, 0.717) is 19.6 Å². The van der Waals surface area contributed by atoms with Crippen molar-refractivity contribution in [2.45, 2.75) is 45.3 Å². The van der Waals surface area contributed by atoms with Gasteiger partial charge < -0.3 is 21.1 Å². The summed E-state index contributed by atoms with van der Waals surface area (Å²) in [4.78, 5) is 16.6. The van der Waals surface area contributed by atoms with Crippen molar-refractivity contribution in [3.63, 3.8) is 0 Å². The number of pyridine rings is 1. The molecule has 4 N–H and O–H groups in total. The number of carbonyl (C=O) groups excluding carboxylic acids is 1. The van der Waals surface area contributed by atoms with Crippen LogP contribution >= 0.6 is 0 Å². The van der Waals surface area contributed by atoms with E-state index in [9.17, 15) is 4.79 Å². The first-order valence-electron chi connectivity index (χ1n) is 8.25. The average Bonchev–Trinajstić information content (AvgIpc) is 2.55. The van der Waals surface area contributed by atoms with Gasteiger partial charge in [0.15, 0.2) is 0 Å². The number of nitrogens with two attached hydrogens (primary N) is 1. The molecule has 1 aliphatic carbocycles. The van der Waals surface area contributed by atoms with Gasteiger partial charge in [-0.1, -0.05) is 19.9 Å². The molecule has 1 fully saturated rings. The van der Waals surface area contributed by atoms with E-state index in [0.717, 1.165) is 18.8 Å². The van der Waals surface area contributed by atoms with E-state index in [1.807, 2.05) is 39.0 Å². The maximum atomic E-state index is 12.4. The number of carbonyl (C=O) groups is 1. The van der Waals surface area contributed by atoms with Crippen LogP contribution in [0.3, 0.4) is 0 Å². The lowest BCUT2D eigenvalue weighted by molar-refractivity contribution is -0.170. The van der Waals surface area contributed by atoms with Crippen LogP contribution in [-0.4, -0.2) is 42.2 Å². The highest BCUT2D eigenvalue weighted by Crippen LogP contribution is 2.49. The van der Waals surface area contributed by atoms with Crippen LogP contribution in [0.2, 0.25) is 0 Å². The minimum Gasteiger partial charge on any atom is -0.378 e. The van der Waals surface area contributed by atoms with Crippen molar-refractivity contribution in [3.05, 3.63) is 24.4 Å². The predicted molar refractivity (Wildman–Crippen MR) is 91.1 cm³/mol. The molecule has 6 heteroatoms. The van der Waals surface area contributed by atoms with E-state index in [2.05, 4.69) is 15.6 Å². The second-order valence-corrected chi connectivity index (χ2v) is 6.59. The Kier molecular flexibility index (Phi) is 5.59. The zero-order valence-corrected chi connectivity index (χ0v) is 14.3. The normalized spacial score (nSPS) is 25.5. The molecule has 23 heavy (non-hydrogen) atoms. The molecule has 2 rings (SSSR count). The summed E-state index contributed by atoms with van der Waals surface area (Å²) < 4.78 is 5.65. The van der Waals surface area contributed by atoms with Gasteiger partial charge >= 0.3 is 0 Å². The smallest absolute Gasteiger partial charge is 0.240 e. The van der Waals surface area contributed by atoms with Crippen LogP contribution in [0.15, 0.2) is 24.4 Å². The minimum atomic E-state index is -0.846. The average molecular weight is 320 g/mol. The molecular weight excluding hydrogens is 292 g/mol. The largest absolute Gasteiger partial charge is 0.378 e. The Bertz CT molecular complexity index is 521. The summed E-state index contributed by atoms with van der Waals surface area (Å²) in [5.41, 5.74) is 5.14. The molecule has 128 valence electrons. The molecule has 0 saturated heterocycles. The van der Waals surface area contributed by atoms with E-state index in [1.165, 1.54) is 0 Å². The Balaban J connectivity index is 1.71. The van der Waals surface area contributed by atoms with Crippen molar-refractivity contribution in [1.82, 2.24) is 10.3 Å². The van der Waals surface area contributed by atoms with Gasteiger partial charge in [-0.15, -0.1) is 0 Å². The summed E-state index contributed by atoms with van der Waals surface area (Å²) in [6, 6.07) is 5.73. The fraction of sp³-hybridized carbons (Fsp3) is 0.647. The van der Waals surface area contributed by atoms with Gasteiger partial charge in [0.05, 0.1) is 6.10 Å². The molecule has 1 aliphatic rings. The van der Waals surface area contributed by atoms with Crippen molar-refractivity contribution in [2.75, 3.05) is 25.0 Å². The first-order valence-corrected chi connectivity index (χ1v) is 8.25. The van der Waals surface area contributed by atoms with Crippen molar-refractivity contribution < 1.29 is 9.53 Å². The van der Waals surface area contributed by atoms with E-state index < -0.39 is 5.54 Å². The van der Waals surface area contributed by atoms with E-state index in [-0.39, 0.29) is 17.4 Å². The van der Waals surface area contributed by atoms with Gasteiger partial charge in [-0.25, -0.2) is 4.98 Å². The fourth-order valence-electron chi connectivity index (χ4n) is 2.95. The van der Waals surface area contributed by atoms with Gasteiger partial charge in [0.1, 0.15) is 11.4 Å². The fourth-order valence-corrected chi connectivity index (χ4v) is 2.95. The van der Waals surface area contributed by atoms with Gasteiger partial charge in [-0.3, -0.25) is 4.79 Å². The van der Waals surface area contributed by atoms with E-state index in [4.69, 9.17) is 10.5 Å². The van der Waals surface area contributed by atoms with Crippen molar-refractivity contribution in [1.29, 1.82) is 0 Å². The maximum absolute atomic E-state index is 12.4. The van der Waals surface area contributed by atoms with Gasteiger partial charge in [-0.2, -0.15) is 0 Å². The summed E-state index contributed by atoms with van der Waals surface area (Å²) >= 11 is 0. The Labute approximate surface area is 138 Å². The molecule has 1 amide bonds. The Morgan fingerprint density at radius 2 is 2.22 bits per heavy atom. The SMILES string of the molecule is CCOC1CC(N)(C(=O)NCCCNc2ccccn2)C1(C)C. The molecule has 2 unspecified atom stereocenters. The topological polar surface area (TPSA) is 89.3 Å². The Morgan fingerprint density at radius 3 is 2.83 bits per heavy atom. The molecule has 0 aliphatic heterocycles. The molecule has 1 aromatic rings. The first kappa shape index (κ1) is 17.7. The number of aromatic nitrogens is 1. The van der Waals surface area contributed by atoms with Crippen LogP contribution in [0.1, 0.15) is 33.6 Å². The summed E-state index contributed by atoms with van der Waals surface area (Å²) in [5.74, 6) is 0.755. The van der Waals surface area contributed by atoms with Crippen molar-refractivity contribution in [3.8, 4) is 0 Å². The van der Waals surface area contributed by atoms with E-state index in [1.54, 1.807) is 6.20 Å². The number of hydrogen-bond acceptors (Lipinski definition) is 5. The minimum absolute atomic E-state index is 0.0501. The predicted octanol–water partition coefficient (Wildman–Crippen LogP) is 1.53. The third-order valence-corrected chi connectivity index (χ3v) is 4.85. The lowest BCUT2D eigenvalue weighted by atomic mass is 9.54. The highest BCUT2D eigenvalue weighted by atomic mass is 16.5. The highest BCUT2D eigenvalue weighted by Gasteiger charge is 2.62. The van der Waals surface area contributed by atoms with Gasteiger partial charge in [-0.05, 0) is 25.5 Å². The Morgan fingerprint density at radius 1 is 1.43 bits per heavy atom. The summed E-state index contributed by atoms with van der Waals surface area (Å²) in [5, 5.41) is 6.16. The monoisotopic (exact) mass is 320 g/mol. The molecule has 0 bridgehead atoms. The molecule has 1 saturated carbocycles. The van der Waals surface area contributed by atoms with Gasteiger partial charge in [0.25, 0.3) is 0 Å². The number of nitrogens with one attached hydrogen (secondary N) is 2. The third-order valence-electron chi connectivity index (χ3n) is 4.85. The van der Waals surface area contributed by atoms with Crippen LogP contribution in [0.5, 0.6) is 0 Å². The number of amides is 1. The quantitative estimate of drug-likeness (QED) is 0.632. The molecule has 6 nitrogen and oxygen atoms in total. The highest BCUT2D eigenvalue weighted by molar-refractivity contribution is 5.88. The van der Waals surface area contributed by atoms with Gasteiger partial charge in [0.2, 0.25) is 5.91 Å². The number of nitrogens with zero attached hydrogens (tertiary/aromatic N) is 1. The summed E-state index contributed by atoms with van der Waals surface area (Å²) in [7, 11) is 0. The van der Waals surface area contributed by atoms with Crippen LogP contribution in [0.4, 0.5) is 5.82 Å². The third kappa shape index (κ3) is 3.64. The summed E-state index contributed by atoms with van der Waals surface area (Å²) in [6.45, 7) is 7.94. The summed E-state index contributed by atoms with van der Waals surface area (Å²) in [6.07, 6.45) is 3.18. The lowest BCUT2D eigenvalue weighted by Gasteiger charge is -2.57. The number of rotatable bonds is 8. The molecule has 1 heterocycles. The maximum Gasteiger partial charge on any atom is 0.240 e. The zero-order valence-electron chi connectivity index (χ0n) is 14.3. The van der Waals surface area contributed by atoms with Crippen molar-refractivity contribution >= 4 is 11.7 Å². The molecule has 0 aromatic carbocycles. The lowest BCUT2D eigenvalue weighted by Crippen LogP contribution is -2.75. The molecular formula is C17H28N4O2. The number of anilines is 1. The second kappa shape index (κ2) is 7.27. The first-order chi connectivity index (χ1) is 10.9. The number of hydrogen-bond donors (Lipinski definition) is 3. The van der Waals surface area contributed by atoms with Crippen LogP contribution < -0.4 is 16.4 Å². The second-order valence-electron chi connectivity index (χ2n) is 6.59. The molecule has 0 spiro atoms. The molecule has 1 aromatic heterocycles. The number of ether oxygens (including phenoxy) is 1. The van der Waals surface area contributed by atoms with Crippen LogP contribution in [0, 0.1) is 5.41 Å². The molecule has 0 radical (unpaired) electrons. The standard InChI is InChI=1S/C17H28N4O2/c1-4-23-13-12-17(18,16(13,2)3)15(22)21-11-7-10-20-14-8-5-6-9-19-14/h5-6,8-9,13H,4,7,10-12,18H2,1-3H3,(H,19,20)(H,21,22). The van der Waals surface area contributed by atoms with Crippen LogP contribution in [-0.2, 0) is 9.53 Å².